The molecule has 0 bridgehead atoms. The first-order valence-electron chi connectivity index (χ1n) is 21.8. The molecule has 0 aromatic heterocycles. The topological polar surface area (TPSA) is 6.48 Å². The molecule has 0 fully saturated rings. The molecule has 2 heteroatoms. The van der Waals surface area contributed by atoms with Crippen LogP contribution in [0.4, 0.5) is 34.1 Å². The van der Waals surface area contributed by atoms with Crippen LogP contribution in [-0.4, -0.2) is 0 Å². The lowest BCUT2D eigenvalue weighted by atomic mass is 9.67. The van der Waals surface area contributed by atoms with E-state index in [9.17, 15) is 0 Å². The van der Waals surface area contributed by atoms with Gasteiger partial charge in [0, 0.05) is 33.8 Å². The minimum atomic E-state index is -0.556. The van der Waals surface area contributed by atoms with E-state index < -0.39 is 5.41 Å². The molecule has 296 valence electrons. The Hall–Kier alpha value is -8.20. The van der Waals surface area contributed by atoms with E-state index in [0.29, 0.717) is 0 Å². The zero-order valence-electron chi connectivity index (χ0n) is 34.6. The van der Waals surface area contributed by atoms with Crippen LogP contribution < -0.4 is 9.80 Å². The molecule has 11 aromatic rings. The summed E-state index contributed by atoms with van der Waals surface area (Å²) in [4.78, 5) is 4.71. The van der Waals surface area contributed by atoms with Crippen molar-refractivity contribution in [2.75, 3.05) is 9.80 Å². The van der Waals surface area contributed by atoms with Gasteiger partial charge in [0.15, 0.2) is 0 Å². The van der Waals surface area contributed by atoms with Crippen LogP contribution in [0.1, 0.15) is 22.3 Å². The number of nitrogens with zero attached hydrogens (tertiary/aromatic N) is 2. The van der Waals surface area contributed by atoms with Gasteiger partial charge in [-0.2, -0.15) is 0 Å². The van der Waals surface area contributed by atoms with Gasteiger partial charge in [-0.05, 0) is 139 Å². The summed E-state index contributed by atoms with van der Waals surface area (Å²) in [6, 6.07) is 93.2. The molecule has 0 aliphatic heterocycles. The first-order chi connectivity index (χ1) is 31.3. The van der Waals surface area contributed by atoms with E-state index >= 15 is 0 Å². The van der Waals surface area contributed by atoms with E-state index in [4.69, 9.17) is 0 Å². The van der Waals surface area contributed by atoms with Gasteiger partial charge in [-0.3, -0.25) is 0 Å². The van der Waals surface area contributed by atoms with Gasteiger partial charge < -0.3 is 9.80 Å². The molecule has 2 nitrogen and oxygen atoms in total. The van der Waals surface area contributed by atoms with E-state index in [2.05, 4.69) is 265 Å². The minimum absolute atomic E-state index is 0.556. The minimum Gasteiger partial charge on any atom is -0.311 e. The predicted octanol–water partition coefficient (Wildman–Crippen LogP) is 16.4. The zero-order chi connectivity index (χ0) is 41.7. The molecule has 11 aromatic carbocycles. The van der Waals surface area contributed by atoms with Crippen molar-refractivity contribution in [1.82, 2.24) is 0 Å². The van der Waals surface area contributed by atoms with Gasteiger partial charge in [0.2, 0.25) is 0 Å². The van der Waals surface area contributed by atoms with Gasteiger partial charge in [-0.25, -0.2) is 0 Å². The van der Waals surface area contributed by atoms with Crippen molar-refractivity contribution in [2.24, 2.45) is 0 Å². The van der Waals surface area contributed by atoms with Gasteiger partial charge in [0.1, 0.15) is 0 Å². The maximum atomic E-state index is 2.48. The summed E-state index contributed by atoms with van der Waals surface area (Å²) < 4.78 is 0. The van der Waals surface area contributed by atoms with Crippen molar-refractivity contribution < 1.29 is 0 Å². The number of anilines is 6. The van der Waals surface area contributed by atoms with E-state index in [-0.39, 0.29) is 0 Å². The van der Waals surface area contributed by atoms with Crippen LogP contribution in [-0.2, 0) is 5.41 Å². The second-order valence-electron chi connectivity index (χ2n) is 16.5. The fourth-order valence-electron chi connectivity index (χ4n) is 10.3. The van der Waals surface area contributed by atoms with Crippen molar-refractivity contribution in [3.63, 3.8) is 0 Å². The summed E-state index contributed by atoms with van der Waals surface area (Å²) in [6.45, 7) is 0. The summed E-state index contributed by atoms with van der Waals surface area (Å²) >= 11 is 0. The average molecular weight is 803 g/mol. The number of para-hydroxylation sites is 3. The summed E-state index contributed by atoms with van der Waals surface area (Å²) in [7, 11) is 0. The lowest BCUT2D eigenvalue weighted by molar-refractivity contribution is 0.771. The van der Waals surface area contributed by atoms with Crippen molar-refractivity contribution >= 4 is 66.4 Å². The number of fused-ring (bicyclic) bond motifs is 1. The summed E-state index contributed by atoms with van der Waals surface area (Å²) in [5.74, 6) is 0. The third-order valence-corrected chi connectivity index (χ3v) is 13.0. The van der Waals surface area contributed by atoms with E-state index in [1.807, 2.05) is 0 Å². The molecule has 0 spiro atoms. The van der Waals surface area contributed by atoms with Crippen molar-refractivity contribution in [3.8, 4) is 11.1 Å². The molecule has 0 amide bonds. The first kappa shape index (κ1) is 36.6. The van der Waals surface area contributed by atoms with E-state index in [1.54, 1.807) is 0 Å². The number of hydrogen-bond donors (Lipinski definition) is 0. The predicted molar refractivity (Wildman–Crippen MR) is 266 cm³/mol. The Morgan fingerprint density at radius 3 is 1.43 bits per heavy atom. The van der Waals surface area contributed by atoms with Crippen molar-refractivity contribution in [1.29, 1.82) is 0 Å². The maximum absolute atomic E-state index is 2.48. The highest BCUT2D eigenvalue weighted by Gasteiger charge is 2.45. The van der Waals surface area contributed by atoms with E-state index in [1.165, 1.54) is 65.7 Å². The maximum Gasteiger partial charge on any atom is 0.0714 e. The quantitative estimate of drug-likeness (QED) is 0.134. The first-order valence-corrected chi connectivity index (χ1v) is 21.8. The highest BCUT2D eigenvalue weighted by Crippen LogP contribution is 2.57. The number of hydrogen-bond acceptors (Lipinski definition) is 2. The molecule has 0 heterocycles. The molecule has 1 aliphatic rings. The van der Waals surface area contributed by atoms with Gasteiger partial charge in [0.05, 0.1) is 11.1 Å². The lowest BCUT2D eigenvalue weighted by Crippen LogP contribution is -2.29. The molecule has 1 unspecified atom stereocenters. The van der Waals surface area contributed by atoms with Gasteiger partial charge in [-0.1, -0.05) is 176 Å². The summed E-state index contributed by atoms with van der Waals surface area (Å²) in [5.41, 5.74) is 13.7. The van der Waals surface area contributed by atoms with Crippen molar-refractivity contribution in [2.45, 2.75) is 5.41 Å². The van der Waals surface area contributed by atoms with Gasteiger partial charge in [0.25, 0.3) is 0 Å². The molecule has 0 N–H and O–H groups in total. The second kappa shape index (κ2) is 15.1. The molecule has 0 saturated carbocycles. The van der Waals surface area contributed by atoms with Crippen LogP contribution in [0.3, 0.4) is 0 Å². The monoisotopic (exact) mass is 802 g/mol. The average Bonchev–Trinajstić information content (AvgIpc) is 3.67. The molecule has 0 radical (unpaired) electrons. The molecule has 0 saturated heterocycles. The molecular weight excluding hydrogens is 761 g/mol. The van der Waals surface area contributed by atoms with Crippen LogP contribution in [0.5, 0.6) is 0 Å². The van der Waals surface area contributed by atoms with Gasteiger partial charge >= 0.3 is 0 Å². The highest BCUT2D eigenvalue weighted by atomic mass is 15.1. The Morgan fingerprint density at radius 2 is 0.746 bits per heavy atom. The molecular formula is C61H42N2. The molecule has 12 rings (SSSR count). The number of rotatable bonds is 9. The molecule has 63 heavy (non-hydrogen) atoms. The third kappa shape index (κ3) is 5.95. The summed E-state index contributed by atoms with van der Waals surface area (Å²) in [5, 5.41) is 7.62. The van der Waals surface area contributed by atoms with Crippen LogP contribution >= 0.6 is 0 Å². The molecule has 1 aliphatic carbocycles. The zero-order valence-corrected chi connectivity index (χ0v) is 34.6. The Labute approximate surface area is 368 Å². The molecule has 1 atom stereocenters. The fourth-order valence-corrected chi connectivity index (χ4v) is 10.3. The third-order valence-electron chi connectivity index (χ3n) is 13.0. The Bertz CT molecular complexity index is 3380. The van der Waals surface area contributed by atoms with Crippen LogP contribution in [0.2, 0.25) is 0 Å². The smallest absolute Gasteiger partial charge is 0.0714 e. The van der Waals surface area contributed by atoms with Crippen molar-refractivity contribution in [3.05, 3.63) is 277 Å². The normalized spacial score (nSPS) is 14.1. The SMILES string of the molecule is c1ccc(N(c2ccccc2)c2ccc(C3(c4ccccc4)c4cccc5ccc6cc(-c7ccc(N(c8ccccc8)c8cccc9ccccc89)cc7)cc3c6c45)cc2)cc1. The summed E-state index contributed by atoms with van der Waals surface area (Å²) in [6.07, 6.45) is 0. The lowest BCUT2D eigenvalue weighted by Gasteiger charge is -2.35. The van der Waals surface area contributed by atoms with Crippen LogP contribution in [0, 0.1) is 0 Å². The van der Waals surface area contributed by atoms with Crippen LogP contribution in [0.15, 0.2) is 255 Å². The standard InChI is InChI=1S/C61H42N2/c1-5-20-48(21-6-1)61(49-35-39-53(40-36-49)62(50-22-7-2-8-23-50)51-24-9-3-10-25-51)56-29-15-19-45-31-32-46-41-47(42-57(61)60(46)59(45)56)43-33-37-54(38-34-43)63(52-26-11-4-12-27-52)58-30-16-18-44-17-13-14-28-55(44)58/h1-42H. The second-order valence-corrected chi connectivity index (χ2v) is 16.5. The van der Waals surface area contributed by atoms with E-state index in [0.717, 1.165) is 34.1 Å². The highest BCUT2D eigenvalue weighted by molar-refractivity contribution is 6.17. The van der Waals surface area contributed by atoms with Crippen LogP contribution in [0.25, 0.3) is 43.4 Å². The number of benzene rings is 11. The largest absolute Gasteiger partial charge is 0.311 e. The Morgan fingerprint density at radius 1 is 0.270 bits per heavy atom. The fraction of sp³-hybridized carbons (Fsp3) is 0.0164. The van der Waals surface area contributed by atoms with Gasteiger partial charge in [-0.15, -0.1) is 0 Å². The Balaban J connectivity index is 1.03. The Kier molecular flexibility index (Phi) is 8.76.